The number of rotatable bonds is 2. The van der Waals surface area contributed by atoms with Crippen LogP contribution in [-0.2, 0) is 19.9 Å². The van der Waals surface area contributed by atoms with Gasteiger partial charge in [0.05, 0.1) is 11.4 Å². The molecule has 0 aromatic carbocycles. The zero-order valence-corrected chi connectivity index (χ0v) is 8.40. The van der Waals surface area contributed by atoms with Crippen LogP contribution in [0.2, 0.25) is 0 Å². The maximum Gasteiger partial charge on any atom is 0.110 e. The fourth-order valence-corrected chi connectivity index (χ4v) is 1.74. The number of nitrogens with two attached hydrogens (primary N) is 1. The van der Waals surface area contributed by atoms with Crippen molar-refractivity contribution in [1.82, 2.24) is 9.55 Å². The Morgan fingerprint density at radius 3 is 3.14 bits per heavy atom. The van der Waals surface area contributed by atoms with E-state index in [2.05, 4.69) is 33.9 Å². The fourth-order valence-electron chi connectivity index (χ4n) is 1.74. The highest BCUT2D eigenvalue weighted by atomic mass is 15.1. The molecule has 3 nitrogen and oxygen atoms in total. The van der Waals surface area contributed by atoms with Crippen molar-refractivity contribution in [3.05, 3.63) is 35.4 Å². The molecule has 0 amide bonds. The van der Waals surface area contributed by atoms with E-state index in [1.165, 1.54) is 5.69 Å². The molecule has 0 saturated heterocycles. The molecule has 0 radical (unpaired) electrons. The molecule has 1 aliphatic rings. The van der Waals surface area contributed by atoms with E-state index >= 15 is 0 Å². The van der Waals surface area contributed by atoms with Crippen molar-refractivity contribution >= 4 is 6.08 Å². The van der Waals surface area contributed by atoms with E-state index in [1.807, 2.05) is 7.05 Å². The molecule has 2 rings (SSSR count). The van der Waals surface area contributed by atoms with Crippen molar-refractivity contribution < 1.29 is 0 Å². The highest BCUT2D eigenvalue weighted by Crippen LogP contribution is 2.16. The molecule has 0 bridgehead atoms. The summed E-state index contributed by atoms with van der Waals surface area (Å²) >= 11 is 0. The van der Waals surface area contributed by atoms with E-state index in [0.29, 0.717) is 6.54 Å². The van der Waals surface area contributed by atoms with Crippen molar-refractivity contribution in [1.29, 1.82) is 0 Å². The highest BCUT2D eigenvalue weighted by molar-refractivity contribution is 5.53. The molecule has 1 aliphatic carbocycles. The third-order valence-electron chi connectivity index (χ3n) is 2.49. The molecule has 0 fully saturated rings. The Hall–Kier alpha value is -1.35. The Balaban J connectivity index is 2.42. The van der Waals surface area contributed by atoms with Crippen molar-refractivity contribution in [2.45, 2.75) is 12.8 Å². The number of imidazole rings is 1. The number of allylic oxidation sites excluding steroid dienone is 3. The van der Waals surface area contributed by atoms with Gasteiger partial charge in [-0.3, -0.25) is 0 Å². The third-order valence-corrected chi connectivity index (χ3v) is 2.49. The van der Waals surface area contributed by atoms with Gasteiger partial charge in [-0.1, -0.05) is 18.2 Å². The lowest BCUT2D eigenvalue weighted by molar-refractivity contribution is 0.773. The molecule has 0 spiro atoms. The van der Waals surface area contributed by atoms with Crippen molar-refractivity contribution in [3.63, 3.8) is 0 Å². The van der Waals surface area contributed by atoms with Crippen LogP contribution in [-0.4, -0.2) is 16.1 Å². The number of hydrogen-bond acceptors (Lipinski definition) is 2. The second kappa shape index (κ2) is 3.80. The van der Waals surface area contributed by atoms with Crippen LogP contribution in [0.15, 0.2) is 18.2 Å². The van der Waals surface area contributed by atoms with Crippen LogP contribution < -0.4 is 5.73 Å². The predicted octanol–water partition coefficient (Wildman–Crippen LogP) is 1.05. The third kappa shape index (κ3) is 1.51. The molecule has 1 heterocycles. The minimum absolute atomic E-state index is 0.656. The van der Waals surface area contributed by atoms with Gasteiger partial charge in [-0.15, -0.1) is 0 Å². The van der Waals surface area contributed by atoms with Crippen LogP contribution in [0.3, 0.4) is 0 Å². The molecule has 1 aromatic rings. The summed E-state index contributed by atoms with van der Waals surface area (Å²) in [6.07, 6.45) is 10.1. The van der Waals surface area contributed by atoms with Crippen LogP contribution in [0.5, 0.6) is 0 Å². The Morgan fingerprint density at radius 1 is 1.50 bits per heavy atom. The van der Waals surface area contributed by atoms with Crippen LogP contribution in [0.4, 0.5) is 0 Å². The standard InChI is InChI=1S/C11H15N3/c1-14-10-6-4-2-3-5-9(10)13-11(14)7-8-12/h2-4,6H,5,7-8,12H2,1H3. The average molecular weight is 189 g/mol. The molecule has 0 aliphatic heterocycles. The van der Waals surface area contributed by atoms with Gasteiger partial charge in [0.25, 0.3) is 0 Å². The molecule has 0 atom stereocenters. The van der Waals surface area contributed by atoms with Gasteiger partial charge in [0.15, 0.2) is 0 Å². The normalized spacial score (nSPS) is 14.1. The summed E-state index contributed by atoms with van der Waals surface area (Å²) in [5, 5.41) is 0. The van der Waals surface area contributed by atoms with Crippen molar-refractivity contribution in [2.75, 3.05) is 6.54 Å². The average Bonchev–Trinajstić information content (AvgIpc) is 2.41. The highest BCUT2D eigenvalue weighted by Gasteiger charge is 2.11. The summed E-state index contributed by atoms with van der Waals surface area (Å²) in [5.41, 5.74) is 7.89. The Labute approximate surface area is 83.9 Å². The largest absolute Gasteiger partial charge is 0.331 e. The summed E-state index contributed by atoms with van der Waals surface area (Å²) in [6, 6.07) is 0. The van der Waals surface area contributed by atoms with Crippen LogP contribution in [0.25, 0.3) is 6.08 Å². The van der Waals surface area contributed by atoms with E-state index in [1.54, 1.807) is 0 Å². The minimum atomic E-state index is 0.656. The Bertz CT molecular complexity index is 385. The SMILES string of the molecule is Cn1c(CCN)nc2c1C=CC=CC2. The number of fused-ring (bicyclic) bond motifs is 1. The molecule has 3 heteroatoms. The van der Waals surface area contributed by atoms with E-state index in [9.17, 15) is 0 Å². The summed E-state index contributed by atoms with van der Waals surface area (Å²) in [4.78, 5) is 4.58. The van der Waals surface area contributed by atoms with E-state index < -0.39 is 0 Å². The molecule has 14 heavy (non-hydrogen) atoms. The van der Waals surface area contributed by atoms with Gasteiger partial charge < -0.3 is 10.3 Å². The summed E-state index contributed by atoms with van der Waals surface area (Å²) < 4.78 is 2.13. The summed E-state index contributed by atoms with van der Waals surface area (Å²) in [6.45, 7) is 0.656. The zero-order valence-electron chi connectivity index (χ0n) is 8.40. The topological polar surface area (TPSA) is 43.8 Å². The Kier molecular flexibility index (Phi) is 2.50. The molecular weight excluding hydrogens is 174 g/mol. The fraction of sp³-hybridized carbons (Fsp3) is 0.364. The van der Waals surface area contributed by atoms with E-state index in [0.717, 1.165) is 24.4 Å². The first-order valence-corrected chi connectivity index (χ1v) is 4.90. The summed E-state index contributed by atoms with van der Waals surface area (Å²) in [7, 11) is 2.05. The maximum absolute atomic E-state index is 5.53. The first kappa shape index (κ1) is 9.21. The monoisotopic (exact) mass is 189 g/mol. The van der Waals surface area contributed by atoms with Gasteiger partial charge in [0.2, 0.25) is 0 Å². The predicted molar refractivity (Wildman–Crippen MR) is 57.8 cm³/mol. The second-order valence-electron chi connectivity index (χ2n) is 3.45. The van der Waals surface area contributed by atoms with Crippen LogP contribution >= 0.6 is 0 Å². The van der Waals surface area contributed by atoms with Gasteiger partial charge >= 0.3 is 0 Å². The molecular formula is C11H15N3. The van der Waals surface area contributed by atoms with Crippen LogP contribution in [0.1, 0.15) is 17.2 Å². The second-order valence-corrected chi connectivity index (χ2v) is 3.45. The minimum Gasteiger partial charge on any atom is -0.331 e. The van der Waals surface area contributed by atoms with Crippen molar-refractivity contribution in [2.24, 2.45) is 12.8 Å². The molecule has 1 aromatic heterocycles. The zero-order chi connectivity index (χ0) is 9.97. The summed E-state index contributed by atoms with van der Waals surface area (Å²) in [5.74, 6) is 1.08. The van der Waals surface area contributed by atoms with Gasteiger partial charge in [-0.25, -0.2) is 4.98 Å². The number of hydrogen-bond donors (Lipinski definition) is 1. The quantitative estimate of drug-likeness (QED) is 0.755. The van der Waals surface area contributed by atoms with E-state index in [4.69, 9.17) is 5.73 Å². The maximum atomic E-state index is 5.53. The van der Waals surface area contributed by atoms with Crippen LogP contribution in [0, 0.1) is 0 Å². The van der Waals surface area contributed by atoms with Gasteiger partial charge in [0.1, 0.15) is 5.82 Å². The van der Waals surface area contributed by atoms with Gasteiger partial charge in [-0.2, -0.15) is 0 Å². The molecule has 74 valence electrons. The molecule has 0 unspecified atom stereocenters. The Morgan fingerprint density at radius 2 is 2.36 bits per heavy atom. The number of nitrogens with zero attached hydrogens (tertiary/aromatic N) is 2. The smallest absolute Gasteiger partial charge is 0.110 e. The van der Waals surface area contributed by atoms with Gasteiger partial charge in [-0.05, 0) is 12.6 Å². The van der Waals surface area contributed by atoms with Crippen molar-refractivity contribution in [3.8, 4) is 0 Å². The lowest BCUT2D eigenvalue weighted by Crippen LogP contribution is -2.08. The number of aromatic nitrogens is 2. The van der Waals surface area contributed by atoms with Gasteiger partial charge in [0, 0.05) is 19.9 Å². The molecule has 0 saturated carbocycles. The first-order valence-electron chi connectivity index (χ1n) is 4.90. The lowest BCUT2D eigenvalue weighted by Gasteiger charge is -2.00. The van der Waals surface area contributed by atoms with E-state index in [-0.39, 0.29) is 0 Å². The first-order chi connectivity index (χ1) is 6.83. The molecule has 2 N–H and O–H groups in total. The lowest BCUT2D eigenvalue weighted by atomic mass is 10.2.